The third kappa shape index (κ3) is 2.13. The lowest BCUT2D eigenvalue weighted by Crippen LogP contribution is -2.49. The summed E-state index contributed by atoms with van der Waals surface area (Å²) in [5.74, 6) is 2.86. The van der Waals surface area contributed by atoms with Gasteiger partial charge in [-0.3, -0.25) is 10.1 Å². The molecule has 28 heavy (non-hydrogen) atoms. The molecule has 0 aromatic carbocycles. The van der Waals surface area contributed by atoms with Crippen molar-refractivity contribution in [2.75, 3.05) is 0 Å². The monoisotopic (exact) mass is 373 g/mol. The van der Waals surface area contributed by atoms with Crippen LogP contribution in [0.2, 0.25) is 0 Å². The number of aromatic amines is 1. The molecule has 3 heterocycles. The number of nitrogens with one attached hydrogen (secondary N) is 1. The number of ether oxygens (including phenoxy) is 1. The molecule has 4 bridgehead atoms. The molecule has 2 aromatic rings. The molecule has 7 rings (SSSR count). The van der Waals surface area contributed by atoms with Crippen molar-refractivity contribution < 1.29 is 4.74 Å². The molecule has 1 atom stereocenters. The minimum absolute atomic E-state index is 0.131. The normalized spacial score (nSPS) is 35.4. The van der Waals surface area contributed by atoms with Gasteiger partial charge >= 0.3 is 0 Å². The van der Waals surface area contributed by atoms with Crippen molar-refractivity contribution in [2.45, 2.75) is 49.9 Å². The summed E-state index contributed by atoms with van der Waals surface area (Å²) in [5.41, 5.74) is 9.83. The van der Waals surface area contributed by atoms with Crippen LogP contribution < -0.4 is 10.5 Å². The smallest absolute Gasteiger partial charge is 0.244 e. The predicted octanol–water partition coefficient (Wildman–Crippen LogP) is 3.49. The Morgan fingerprint density at radius 1 is 1.18 bits per heavy atom. The van der Waals surface area contributed by atoms with Gasteiger partial charge in [-0.25, -0.2) is 0 Å². The standard InChI is InChI=1S/C22H23N5O/c23-10-16-17(15-2-1-3-25-11-15)18-19(26-27-21(18)28-20(16)24)22-7-12-4-13(8-22)6-14(5-12)9-22/h1-3,11-14,17H,4-9,24H2,(H,26,27)/t12?,13?,14?,17-,22?/m1/s1. The van der Waals surface area contributed by atoms with Gasteiger partial charge in [0.25, 0.3) is 0 Å². The zero-order chi connectivity index (χ0) is 18.9. The van der Waals surface area contributed by atoms with Crippen molar-refractivity contribution in [1.29, 1.82) is 5.26 Å². The Hall–Kier alpha value is -2.81. The van der Waals surface area contributed by atoms with Gasteiger partial charge in [0.05, 0.1) is 11.5 Å². The molecule has 1 aliphatic heterocycles. The van der Waals surface area contributed by atoms with E-state index in [0.717, 1.165) is 28.9 Å². The Labute approximate surface area is 163 Å². The molecule has 6 nitrogen and oxygen atoms in total. The maximum absolute atomic E-state index is 9.86. The highest BCUT2D eigenvalue weighted by Crippen LogP contribution is 2.62. The van der Waals surface area contributed by atoms with Gasteiger partial charge in [-0.05, 0) is 67.9 Å². The van der Waals surface area contributed by atoms with Crippen LogP contribution in [0.5, 0.6) is 5.88 Å². The van der Waals surface area contributed by atoms with Crippen LogP contribution >= 0.6 is 0 Å². The van der Waals surface area contributed by atoms with Gasteiger partial charge in [-0.2, -0.15) is 5.26 Å². The molecule has 5 aliphatic rings. The van der Waals surface area contributed by atoms with Crippen molar-refractivity contribution in [3.05, 3.63) is 52.8 Å². The largest absolute Gasteiger partial charge is 0.420 e. The van der Waals surface area contributed by atoms with Crippen molar-refractivity contribution in [3.8, 4) is 11.9 Å². The number of nitrogens with zero attached hydrogens (tertiary/aromatic N) is 3. The first-order valence-corrected chi connectivity index (χ1v) is 10.2. The van der Waals surface area contributed by atoms with Crippen LogP contribution in [0.3, 0.4) is 0 Å². The minimum atomic E-state index is -0.274. The molecule has 142 valence electrons. The van der Waals surface area contributed by atoms with Gasteiger partial charge < -0.3 is 10.5 Å². The number of fused-ring (bicyclic) bond motifs is 1. The Morgan fingerprint density at radius 2 is 1.89 bits per heavy atom. The zero-order valence-electron chi connectivity index (χ0n) is 15.7. The van der Waals surface area contributed by atoms with Crippen LogP contribution in [0, 0.1) is 29.1 Å². The number of H-pyrrole nitrogens is 1. The van der Waals surface area contributed by atoms with E-state index in [-0.39, 0.29) is 17.2 Å². The van der Waals surface area contributed by atoms with E-state index in [9.17, 15) is 5.26 Å². The van der Waals surface area contributed by atoms with Crippen molar-refractivity contribution in [2.24, 2.45) is 23.5 Å². The second-order valence-corrected chi connectivity index (χ2v) is 9.23. The van der Waals surface area contributed by atoms with E-state index >= 15 is 0 Å². The Morgan fingerprint density at radius 3 is 2.50 bits per heavy atom. The van der Waals surface area contributed by atoms with Gasteiger partial charge in [0.2, 0.25) is 11.8 Å². The first kappa shape index (κ1) is 16.2. The second kappa shape index (κ2) is 5.60. The Balaban J connectivity index is 1.53. The van der Waals surface area contributed by atoms with Gasteiger partial charge in [-0.1, -0.05) is 6.07 Å². The Kier molecular flexibility index (Phi) is 3.24. The van der Waals surface area contributed by atoms with Crippen molar-refractivity contribution >= 4 is 0 Å². The van der Waals surface area contributed by atoms with Crippen LogP contribution in [0.25, 0.3) is 0 Å². The second-order valence-electron chi connectivity index (χ2n) is 9.23. The summed E-state index contributed by atoms with van der Waals surface area (Å²) in [6.45, 7) is 0. The number of rotatable bonds is 2. The summed E-state index contributed by atoms with van der Waals surface area (Å²) in [6.07, 6.45) is 11.4. The highest BCUT2D eigenvalue weighted by Gasteiger charge is 2.54. The summed E-state index contributed by atoms with van der Waals surface area (Å²) >= 11 is 0. The van der Waals surface area contributed by atoms with Gasteiger partial charge in [-0.15, -0.1) is 5.10 Å². The first-order valence-electron chi connectivity index (χ1n) is 10.2. The average molecular weight is 373 g/mol. The fourth-order valence-corrected chi connectivity index (χ4v) is 6.95. The summed E-state index contributed by atoms with van der Waals surface area (Å²) < 4.78 is 5.80. The third-order valence-corrected chi connectivity index (χ3v) is 7.53. The van der Waals surface area contributed by atoms with E-state index in [1.54, 1.807) is 6.20 Å². The maximum Gasteiger partial charge on any atom is 0.244 e. The molecule has 0 unspecified atom stereocenters. The molecule has 0 amide bonds. The van der Waals surface area contributed by atoms with Crippen molar-refractivity contribution in [1.82, 2.24) is 15.2 Å². The molecule has 4 saturated carbocycles. The summed E-state index contributed by atoms with van der Waals surface area (Å²) in [7, 11) is 0. The van der Waals surface area contributed by atoms with E-state index in [0.29, 0.717) is 11.5 Å². The van der Waals surface area contributed by atoms with Crippen LogP contribution in [0.15, 0.2) is 36.0 Å². The highest BCUT2D eigenvalue weighted by molar-refractivity contribution is 5.56. The topological polar surface area (TPSA) is 101 Å². The quantitative estimate of drug-likeness (QED) is 0.839. The van der Waals surface area contributed by atoms with Crippen LogP contribution in [0.1, 0.15) is 61.3 Å². The summed E-state index contributed by atoms with van der Waals surface area (Å²) in [4.78, 5) is 4.29. The lowest BCUT2D eigenvalue weighted by Gasteiger charge is -2.56. The average Bonchev–Trinajstić information content (AvgIpc) is 3.10. The van der Waals surface area contributed by atoms with E-state index in [1.807, 2.05) is 18.3 Å². The van der Waals surface area contributed by atoms with E-state index in [4.69, 9.17) is 10.5 Å². The molecular formula is C22H23N5O. The molecule has 3 N–H and O–H groups in total. The van der Waals surface area contributed by atoms with Gasteiger partial charge in [0.15, 0.2) is 0 Å². The molecule has 4 fully saturated rings. The van der Waals surface area contributed by atoms with Crippen LogP contribution in [-0.2, 0) is 5.41 Å². The highest BCUT2D eigenvalue weighted by atomic mass is 16.5. The number of hydrogen-bond donors (Lipinski definition) is 2. The molecule has 0 radical (unpaired) electrons. The number of aromatic nitrogens is 3. The number of allylic oxidation sites excluding steroid dienone is 1. The fourth-order valence-electron chi connectivity index (χ4n) is 6.95. The molecule has 4 aliphatic carbocycles. The first-order chi connectivity index (χ1) is 13.7. The van der Waals surface area contributed by atoms with Crippen LogP contribution in [0.4, 0.5) is 0 Å². The van der Waals surface area contributed by atoms with Gasteiger partial charge in [0.1, 0.15) is 11.6 Å². The number of pyridine rings is 1. The van der Waals surface area contributed by atoms with E-state index in [2.05, 4.69) is 21.3 Å². The summed E-state index contributed by atoms with van der Waals surface area (Å²) in [6, 6.07) is 6.20. The molecule has 6 heteroatoms. The fraction of sp³-hybridized carbons (Fsp3) is 0.500. The maximum atomic E-state index is 9.86. The SMILES string of the molecule is N#CC1=C(N)Oc2n[nH]c(C34CC5CC(CC(C5)C3)C4)c2[C@@H]1c1cccnc1. The van der Waals surface area contributed by atoms with Crippen molar-refractivity contribution in [3.63, 3.8) is 0 Å². The number of nitriles is 1. The molecule has 0 saturated heterocycles. The Bertz CT molecular complexity index is 980. The lowest BCUT2D eigenvalue weighted by atomic mass is 9.48. The van der Waals surface area contributed by atoms with Gasteiger partial charge in [0, 0.05) is 23.5 Å². The molecular weight excluding hydrogens is 350 g/mol. The zero-order valence-corrected chi connectivity index (χ0v) is 15.7. The lowest BCUT2D eigenvalue weighted by molar-refractivity contribution is -0.00768. The van der Waals surface area contributed by atoms with E-state index in [1.165, 1.54) is 44.2 Å². The van der Waals surface area contributed by atoms with Crippen LogP contribution in [-0.4, -0.2) is 15.2 Å². The predicted molar refractivity (Wildman–Crippen MR) is 102 cm³/mol. The number of nitrogens with two attached hydrogens (primary N) is 1. The summed E-state index contributed by atoms with van der Waals surface area (Å²) in [5, 5.41) is 17.7. The number of hydrogen-bond acceptors (Lipinski definition) is 5. The molecule has 2 aromatic heterocycles. The minimum Gasteiger partial charge on any atom is -0.420 e. The molecule has 0 spiro atoms. The third-order valence-electron chi connectivity index (χ3n) is 7.53. The van der Waals surface area contributed by atoms with E-state index < -0.39 is 0 Å².